The Labute approximate surface area is 203 Å². The van der Waals surface area contributed by atoms with Crippen molar-refractivity contribution in [2.45, 2.75) is 19.3 Å². The Morgan fingerprint density at radius 2 is 1.71 bits per heavy atom. The lowest BCUT2D eigenvalue weighted by molar-refractivity contribution is -0.139. The summed E-state index contributed by atoms with van der Waals surface area (Å²) in [7, 11) is 1.38. The average Bonchev–Trinajstić information content (AvgIpc) is 2.86. The maximum absolute atomic E-state index is 12.9. The number of halogens is 1. The molecule has 0 saturated heterocycles. The van der Waals surface area contributed by atoms with Crippen molar-refractivity contribution in [3.8, 4) is 0 Å². The summed E-state index contributed by atoms with van der Waals surface area (Å²) in [4.78, 5) is 29.2. The van der Waals surface area contributed by atoms with Crippen molar-refractivity contribution in [3.63, 3.8) is 0 Å². The van der Waals surface area contributed by atoms with Gasteiger partial charge in [0.25, 0.3) is 0 Å². The Hall–Kier alpha value is -3.76. The fourth-order valence-electron chi connectivity index (χ4n) is 3.79. The number of hydrogen-bond donors (Lipinski definition) is 0. The van der Waals surface area contributed by atoms with Gasteiger partial charge >= 0.3 is 5.97 Å². The zero-order valence-corrected chi connectivity index (χ0v) is 19.6. The molecule has 0 N–H and O–H groups in total. The molecule has 5 heteroatoms. The van der Waals surface area contributed by atoms with Crippen LogP contribution in [-0.2, 0) is 22.4 Å². The number of fused-ring (bicyclic) bond motifs is 1. The molecule has 3 aromatic carbocycles. The molecule has 0 aliphatic carbocycles. The zero-order chi connectivity index (χ0) is 23.9. The summed E-state index contributed by atoms with van der Waals surface area (Å²) in [5.74, 6) is -0.233. The lowest BCUT2D eigenvalue weighted by Gasteiger charge is -2.08. The number of ketones is 1. The van der Waals surface area contributed by atoms with Gasteiger partial charge in [0.15, 0.2) is 5.78 Å². The molecule has 170 valence electrons. The largest absolute Gasteiger partial charge is 0.469 e. The van der Waals surface area contributed by atoms with Crippen LogP contribution in [0.25, 0.3) is 23.1 Å². The lowest BCUT2D eigenvalue weighted by Crippen LogP contribution is -2.08. The molecule has 0 unspecified atom stereocenters. The van der Waals surface area contributed by atoms with Gasteiger partial charge in [-0.1, -0.05) is 72.3 Å². The number of esters is 1. The first-order valence-electron chi connectivity index (χ1n) is 11.0. The number of rotatable bonds is 8. The van der Waals surface area contributed by atoms with Gasteiger partial charge in [-0.15, -0.1) is 0 Å². The monoisotopic (exact) mass is 469 g/mol. The minimum atomic E-state index is -0.290. The van der Waals surface area contributed by atoms with Crippen molar-refractivity contribution in [1.29, 1.82) is 0 Å². The zero-order valence-electron chi connectivity index (χ0n) is 18.8. The van der Waals surface area contributed by atoms with E-state index >= 15 is 0 Å². The van der Waals surface area contributed by atoms with E-state index in [1.54, 1.807) is 0 Å². The topological polar surface area (TPSA) is 56.3 Å². The fourth-order valence-corrected chi connectivity index (χ4v) is 3.96. The van der Waals surface area contributed by atoms with Crippen LogP contribution < -0.4 is 0 Å². The number of ether oxygens (including phenoxy) is 1. The summed E-state index contributed by atoms with van der Waals surface area (Å²) in [6.07, 6.45) is 5.00. The SMILES string of the molecule is COC(=O)Cc1ccccc1CCC(=O)c1cccc(/C=C/c2ccc3ccc(Cl)cc3n2)c1. The highest BCUT2D eigenvalue weighted by Gasteiger charge is 2.11. The van der Waals surface area contributed by atoms with E-state index < -0.39 is 0 Å². The summed E-state index contributed by atoms with van der Waals surface area (Å²) < 4.78 is 4.78. The maximum Gasteiger partial charge on any atom is 0.309 e. The molecule has 0 spiro atoms. The van der Waals surface area contributed by atoms with Crippen molar-refractivity contribution >= 4 is 46.4 Å². The van der Waals surface area contributed by atoms with Gasteiger partial charge in [0.1, 0.15) is 0 Å². The number of pyridine rings is 1. The molecule has 0 aliphatic heterocycles. The molecule has 1 aromatic heterocycles. The van der Waals surface area contributed by atoms with Crippen molar-refractivity contribution < 1.29 is 14.3 Å². The number of aryl methyl sites for hydroxylation is 1. The molecular weight excluding hydrogens is 446 g/mol. The smallest absolute Gasteiger partial charge is 0.309 e. The third kappa shape index (κ3) is 5.97. The van der Waals surface area contributed by atoms with Crippen molar-refractivity contribution in [2.75, 3.05) is 7.11 Å². The van der Waals surface area contributed by atoms with Crippen LogP contribution in [0.5, 0.6) is 0 Å². The van der Waals surface area contributed by atoms with Gasteiger partial charge in [0, 0.05) is 22.4 Å². The number of aromatic nitrogens is 1. The van der Waals surface area contributed by atoms with Crippen LogP contribution in [0.3, 0.4) is 0 Å². The number of nitrogens with zero attached hydrogens (tertiary/aromatic N) is 1. The first kappa shape index (κ1) is 23.4. The van der Waals surface area contributed by atoms with Gasteiger partial charge in [0.2, 0.25) is 0 Å². The third-order valence-electron chi connectivity index (χ3n) is 5.63. The van der Waals surface area contributed by atoms with Gasteiger partial charge in [0.05, 0.1) is 24.7 Å². The average molecular weight is 470 g/mol. The molecule has 0 bridgehead atoms. The van der Waals surface area contributed by atoms with Crippen LogP contribution in [0.4, 0.5) is 0 Å². The number of benzene rings is 3. The van der Waals surface area contributed by atoms with E-state index in [-0.39, 0.29) is 18.2 Å². The van der Waals surface area contributed by atoms with Gasteiger partial charge in [-0.25, -0.2) is 4.98 Å². The Bertz CT molecular complexity index is 1380. The molecule has 0 radical (unpaired) electrons. The van der Waals surface area contributed by atoms with Crippen LogP contribution in [0.2, 0.25) is 5.02 Å². The number of hydrogen-bond acceptors (Lipinski definition) is 4. The second-order valence-electron chi connectivity index (χ2n) is 7.98. The summed E-state index contributed by atoms with van der Waals surface area (Å²) in [6, 6.07) is 24.8. The quantitative estimate of drug-likeness (QED) is 0.216. The van der Waals surface area contributed by atoms with Crippen molar-refractivity contribution in [3.05, 3.63) is 112 Å². The first-order valence-corrected chi connectivity index (χ1v) is 11.4. The molecule has 34 heavy (non-hydrogen) atoms. The number of carbonyl (C=O) groups is 2. The highest BCUT2D eigenvalue weighted by molar-refractivity contribution is 6.31. The second-order valence-corrected chi connectivity index (χ2v) is 8.41. The van der Waals surface area contributed by atoms with E-state index in [0.717, 1.165) is 33.3 Å². The van der Waals surface area contributed by atoms with E-state index in [1.807, 2.05) is 91.0 Å². The molecule has 0 aliphatic rings. The Morgan fingerprint density at radius 1 is 0.912 bits per heavy atom. The molecule has 1 heterocycles. The van der Waals surface area contributed by atoms with Crippen molar-refractivity contribution in [2.24, 2.45) is 0 Å². The van der Waals surface area contributed by atoms with Crippen LogP contribution in [0.1, 0.15) is 39.2 Å². The molecule has 0 atom stereocenters. The Kier molecular flexibility index (Phi) is 7.51. The number of carbonyl (C=O) groups excluding carboxylic acids is 2. The molecule has 4 aromatic rings. The molecule has 4 nitrogen and oxygen atoms in total. The highest BCUT2D eigenvalue weighted by Crippen LogP contribution is 2.20. The summed E-state index contributed by atoms with van der Waals surface area (Å²) in [6.45, 7) is 0. The van der Waals surface area contributed by atoms with Gasteiger partial charge in [-0.05, 0) is 53.5 Å². The normalized spacial score (nSPS) is 11.1. The molecule has 4 rings (SSSR count). The van der Waals surface area contributed by atoms with E-state index in [2.05, 4.69) is 4.98 Å². The van der Waals surface area contributed by atoms with E-state index in [4.69, 9.17) is 16.3 Å². The van der Waals surface area contributed by atoms with Crippen LogP contribution in [-0.4, -0.2) is 23.8 Å². The maximum atomic E-state index is 12.9. The minimum absolute atomic E-state index is 0.0570. The predicted octanol–water partition coefficient (Wildman–Crippen LogP) is 6.59. The van der Waals surface area contributed by atoms with E-state index in [9.17, 15) is 9.59 Å². The molecule has 0 saturated carbocycles. The van der Waals surface area contributed by atoms with Gasteiger partial charge < -0.3 is 4.74 Å². The van der Waals surface area contributed by atoms with Gasteiger partial charge in [-0.2, -0.15) is 0 Å². The van der Waals surface area contributed by atoms with Crippen LogP contribution in [0, 0.1) is 0 Å². The van der Waals surface area contributed by atoms with Gasteiger partial charge in [-0.3, -0.25) is 9.59 Å². The highest BCUT2D eigenvalue weighted by atomic mass is 35.5. The third-order valence-corrected chi connectivity index (χ3v) is 5.87. The van der Waals surface area contributed by atoms with E-state index in [0.29, 0.717) is 23.4 Å². The fraction of sp³-hybridized carbons (Fsp3) is 0.138. The van der Waals surface area contributed by atoms with Crippen LogP contribution in [0.15, 0.2) is 78.9 Å². The minimum Gasteiger partial charge on any atom is -0.469 e. The standard InChI is InChI=1S/C29H24ClNO3/c1-34-29(33)18-23-7-3-2-6-21(23)12-16-28(32)24-8-4-5-20(17-24)9-14-26-15-11-22-10-13-25(30)19-27(22)31-26/h2-11,13-15,17,19H,12,16,18H2,1H3/b14-9+. The molecule has 0 amide bonds. The number of methoxy groups -OCH3 is 1. The summed E-state index contributed by atoms with van der Waals surface area (Å²) in [5, 5.41) is 1.68. The first-order chi connectivity index (χ1) is 16.5. The second kappa shape index (κ2) is 10.9. The Balaban J connectivity index is 1.44. The Morgan fingerprint density at radius 3 is 2.53 bits per heavy atom. The van der Waals surface area contributed by atoms with E-state index in [1.165, 1.54) is 7.11 Å². The number of Topliss-reactive ketones (excluding diaryl/α,β-unsaturated/α-hetero) is 1. The summed E-state index contributed by atoms with van der Waals surface area (Å²) in [5.41, 5.74) is 5.11. The summed E-state index contributed by atoms with van der Waals surface area (Å²) >= 11 is 6.08. The lowest BCUT2D eigenvalue weighted by atomic mass is 9.97. The molecular formula is C29H24ClNO3. The molecule has 0 fully saturated rings. The predicted molar refractivity (Wildman–Crippen MR) is 137 cm³/mol. The van der Waals surface area contributed by atoms with Crippen LogP contribution >= 0.6 is 11.6 Å². The van der Waals surface area contributed by atoms with Crippen molar-refractivity contribution in [1.82, 2.24) is 4.98 Å².